The molecule has 1 rings (SSSR count). The maximum Gasteiger partial charge on any atom is 0.0377 e. The Labute approximate surface area is 114 Å². The van der Waals surface area contributed by atoms with Gasteiger partial charge in [-0.3, -0.25) is 0 Å². The van der Waals surface area contributed by atoms with E-state index < -0.39 is 0 Å². The zero-order valence-electron chi connectivity index (χ0n) is 11.1. The summed E-state index contributed by atoms with van der Waals surface area (Å²) in [6.45, 7) is 7.62. The van der Waals surface area contributed by atoms with Gasteiger partial charge in [0.2, 0.25) is 0 Å². The van der Waals surface area contributed by atoms with E-state index in [-0.39, 0.29) is 0 Å². The first-order chi connectivity index (χ1) is 8.22. The minimum atomic E-state index is 0.905. The molecule has 17 heavy (non-hydrogen) atoms. The topological polar surface area (TPSA) is 15.3 Å². The lowest BCUT2D eigenvalue weighted by Crippen LogP contribution is -2.24. The van der Waals surface area contributed by atoms with Crippen LogP contribution in [0, 0.1) is 0 Å². The number of nitrogens with zero attached hydrogens (tertiary/aromatic N) is 1. The Morgan fingerprint density at radius 2 is 1.82 bits per heavy atom. The van der Waals surface area contributed by atoms with Gasteiger partial charge in [0.15, 0.2) is 0 Å². The van der Waals surface area contributed by atoms with Gasteiger partial charge in [-0.05, 0) is 37.6 Å². The molecule has 0 amide bonds. The van der Waals surface area contributed by atoms with Crippen LogP contribution >= 0.6 is 15.9 Å². The van der Waals surface area contributed by atoms with Gasteiger partial charge in [0.05, 0.1) is 0 Å². The molecule has 0 unspecified atom stereocenters. The second kappa shape index (κ2) is 7.72. The predicted molar refractivity (Wildman–Crippen MR) is 79.7 cm³/mol. The summed E-state index contributed by atoms with van der Waals surface area (Å²) < 4.78 is 1.20. The van der Waals surface area contributed by atoms with E-state index in [2.05, 4.69) is 58.2 Å². The molecule has 0 saturated heterocycles. The lowest BCUT2D eigenvalue weighted by Gasteiger charge is -2.24. The minimum Gasteiger partial charge on any atom is -0.372 e. The molecule has 0 aromatic heterocycles. The van der Waals surface area contributed by atoms with Crippen LogP contribution in [0.5, 0.6) is 0 Å². The molecule has 0 aliphatic heterocycles. The van der Waals surface area contributed by atoms with Crippen LogP contribution in [-0.4, -0.2) is 20.1 Å². The maximum atomic E-state index is 3.65. The predicted octanol–water partition coefficient (Wildman–Crippen LogP) is 3.79. The van der Waals surface area contributed by atoms with Crippen molar-refractivity contribution in [2.75, 3.05) is 25.0 Å². The summed E-state index contributed by atoms with van der Waals surface area (Å²) in [5.41, 5.74) is 2.63. The normalized spacial score (nSPS) is 10.6. The molecule has 0 bridgehead atoms. The Morgan fingerprint density at radius 1 is 1.18 bits per heavy atom. The van der Waals surface area contributed by atoms with Crippen molar-refractivity contribution in [2.45, 2.75) is 33.2 Å². The second-order valence-electron chi connectivity index (χ2n) is 4.29. The van der Waals surface area contributed by atoms with E-state index in [4.69, 9.17) is 0 Å². The summed E-state index contributed by atoms with van der Waals surface area (Å²) in [5.74, 6) is 0. The average Bonchev–Trinajstić information content (AvgIpc) is 2.32. The van der Waals surface area contributed by atoms with Crippen LogP contribution < -0.4 is 10.2 Å². The van der Waals surface area contributed by atoms with Crippen molar-refractivity contribution in [1.29, 1.82) is 0 Å². The molecule has 96 valence electrons. The Hall–Kier alpha value is -0.540. The molecular formula is C14H23BrN2. The van der Waals surface area contributed by atoms with E-state index in [1.807, 2.05) is 7.05 Å². The maximum absolute atomic E-state index is 3.65. The Bertz CT molecular complexity index is 333. The molecule has 0 fully saturated rings. The lowest BCUT2D eigenvalue weighted by atomic mass is 10.2. The number of hydrogen-bond acceptors (Lipinski definition) is 2. The van der Waals surface area contributed by atoms with Crippen molar-refractivity contribution in [3.8, 4) is 0 Å². The van der Waals surface area contributed by atoms with Crippen molar-refractivity contribution in [2.24, 2.45) is 0 Å². The molecule has 1 N–H and O–H groups in total. The molecular weight excluding hydrogens is 276 g/mol. The van der Waals surface area contributed by atoms with Crippen LogP contribution in [-0.2, 0) is 6.54 Å². The molecule has 3 heteroatoms. The SMILES string of the molecule is CCCN(CCC)c1ccc(CNC)c(Br)c1. The highest BCUT2D eigenvalue weighted by Gasteiger charge is 2.07. The molecule has 0 aliphatic rings. The van der Waals surface area contributed by atoms with Gasteiger partial charge >= 0.3 is 0 Å². The second-order valence-corrected chi connectivity index (χ2v) is 5.15. The van der Waals surface area contributed by atoms with Crippen LogP contribution in [0.15, 0.2) is 22.7 Å². The van der Waals surface area contributed by atoms with Gasteiger partial charge in [0, 0.05) is 29.8 Å². The van der Waals surface area contributed by atoms with Gasteiger partial charge in [-0.2, -0.15) is 0 Å². The van der Waals surface area contributed by atoms with Crippen molar-refractivity contribution < 1.29 is 0 Å². The fraction of sp³-hybridized carbons (Fsp3) is 0.571. The average molecular weight is 299 g/mol. The smallest absolute Gasteiger partial charge is 0.0377 e. The third-order valence-electron chi connectivity index (χ3n) is 2.76. The van der Waals surface area contributed by atoms with E-state index in [0.29, 0.717) is 0 Å². The first-order valence-electron chi connectivity index (χ1n) is 6.40. The van der Waals surface area contributed by atoms with E-state index in [9.17, 15) is 0 Å². The van der Waals surface area contributed by atoms with Gasteiger partial charge in [-0.15, -0.1) is 0 Å². The molecule has 0 atom stereocenters. The fourth-order valence-electron chi connectivity index (χ4n) is 1.98. The summed E-state index contributed by atoms with van der Waals surface area (Å²) in [7, 11) is 1.97. The van der Waals surface area contributed by atoms with Gasteiger partial charge in [0.1, 0.15) is 0 Å². The molecule has 1 aromatic carbocycles. The molecule has 1 aromatic rings. The first kappa shape index (κ1) is 14.5. The van der Waals surface area contributed by atoms with Crippen LogP contribution in [0.25, 0.3) is 0 Å². The highest BCUT2D eigenvalue weighted by atomic mass is 79.9. The monoisotopic (exact) mass is 298 g/mol. The van der Waals surface area contributed by atoms with E-state index in [0.717, 1.165) is 19.6 Å². The van der Waals surface area contributed by atoms with Crippen molar-refractivity contribution in [3.05, 3.63) is 28.2 Å². The Balaban J connectivity index is 2.85. The van der Waals surface area contributed by atoms with Crippen LogP contribution in [0.2, 0.25) is 0 Å². The van der Waals surface area contributed by atoms with Crippen molar-refractivity contribution in [1.82, 2.24) is 5.32 Å². The lowest BCUT2D eigenvalue weighted by molar-refractivity contribution is 0.743. The molecule has 2 nitrogen and oxygen atoms in total. The summed E-state index contributed by atoms with van der Waals surface area (Å²) in [5, 5.41) is 3.18. The van der Waals surface area contributed by atoms with Gasteiger partial charge in [-0.25, -0.2) is 0 Å². The summed E-state index contributed by atoms with van der Waals surface area (Å²) in [4.78, 5) is 2.45. The van der Waals surface area contributed by atoms with Gasteiger partial charge in [0.25, 0.3) is 0 Å². The first-order valence-corrected chi connectivity index (χ1v) is 7.20. The quantitative estimate of drug-likeness (QED) is 0.824. The Morgan fingerprint density at radius 3 is 2.29 bits per heavy atom. The number of rotatable bonds is 7. The van der Waals surface area contributed by atoms with E-state index in [1.165, 1.54) is 28.6 Å². The Kier molecular flexibility index (Phi) is 6.60. The van der Waals surface area contributed by atoms with Crippen LogP contribution in [0.1, 0.15) is 32.3 Å². The number of anilines is 1. The standard InChI is InChI=1S/C14H23BrN2/c1-4-8-17(9-5-2)13-7-6-12(11-16-3)14(15)10-13/h6-7,10,16H,4-5,8-9,11H2,1-3H3. The highest BCUT2D eigenvalue weighted by Crippen LogP contribution is 2.24. The molecule has 0 saturated carbocycles. The zero-order valence-corrected chi connectivity index (χ0v) is 12.7. The third-order valence-corrected chi connectivity index (χ3v) is 3.49. The number of halogens is 1. The minimum absolute atomic E-state index is 0.905. The number of nitrogens with one attached hydrogen (secondary N) is 1. The number of benzene rings is 1. The third kappa shape index (κ3) is 4.32. The fourth-order valence-corrected chi connectivity index (χ4v) is 2.48. The summed E-state index contributed by atoms with van der Waals surface area (Å²) >= 11 is 3.65. The highest BCUT2D eigenvalue weighted by molar-refractivity contribution is 9.10. The van der Waals surface area contributed by atoms with E-state index >= 15 is 0 Å². The summed E-state index contributed by atoms with van der Waals surface area (Å²) in [6, 6.07) is 6.66. The molecule has 0 aliphatic carbocycles. The molecule has 0 spiro atoms. The van der Waals surface area contributed by atoms with Gasteiger partial charge in [-0.1, -0.05) is 35.8 Å². The molecule has 0 heterocycles. The van der Waals surface area contributed by atoms with Crippen LogP contribution in [0.4, 0.5) is 5.69 Å². The number of hydrogen-bond donors (Lipinski definition) is 1. The van der Waals surface area contributed by atoms with E-state index in [1.54, 1.807) is 0 Å². The van der Waals surface area contributed by atoms with Crippen LogP contribution in [0.3, 0.4) is 0 Å². The zero-order chi connectivity index (χ0) is 12.7. The summed E-state index contributed by atoms with van der Waals surface area (Å²) in [6.07, 6.45) is 2.38. The van der Waals surface area contributed by atoms with Crippen molar-refractivity contribution >= 4 is 21.6 Å². The largest absolute Gasteiger partial charge is 0.372 e. The van der Waals surface area contributed by atoms with Crippen molar-refractivity contribution in [3.63, 3.8) is 0 Å². The van der Waals surface area contributed by atoms with Gasteiger partial charge < -0.3 is 10.2 Å². The molecule has 0 radical (unpaired) electrons.